The highest BCUT2D eigenvalue weighted by Gasteiger charge is 2.30. The summed E-state index contributed by atoms with van der Waals surface area (Å²) in [7, 11) is 1.61. The Labute approximate surface area is 229 Å². The number of nitrogens with zero attached hydrogens (tertiary/aromatic N) is 2. The third-order valence-corrected chi connectivity index (χ3v) is 9.05. The van der Waals surface area contributed by atoms with E-state index in [-0.39, 0.29) is 12.3 Å². The highest BCUT2D eigenvalue weighted by molar-refractivity contribution is 7.99. The molecule has 1 fully saturated rings. The summed E-state index contributed by atoms with van der Waals surface area (Å²) in [5, 5.41) is 10.1. The second-order valence-electron chi connectivity index (χ2n) is 10.3. The van der Waals surface area contributed by atoms with Crippen LogP contribution in [-0.2, 0) is 4.79 Å². The van der Waals surface area contributed by atoms with Gasteiger partial charge in [0.1, 0.15) is 11.9 Å². The number of pyridine rings is 1. The molecule has 1 aromatic heterocycles. The van der Waals surface area contributed by atoms with E-state index in [2.05, 4.69) is 41.1 Å². The molecule has 1 saturated heterocycles. The Kier molecular flexibility index (Phi) is 10.4. The van der Waals surface area contributed by atoms with E-state index in [0.717, 1.165) is 55.6 Å². The number of likely N-dealkylation sites (tertiary alicyclic amines) is 1. The van der Waals surface area contributed by atoms with Crippen LogP contribution < -0.4 is 4.74 Å². The third kappa shape index (κ3) is 7.70. The van der Waals surface area contributed by atoms with Crippen LogP contribution in [0.1, 0.15) is 55.8 Å². The van der Waals surface area contributed by atoms with Crippen molar-refractivity contribution in [3.8, 4) is 5.75 Å². The zero-order chi connectivity index (χ0) is 26.9. The number of piperidine rings is 1. The number of hydrogen-bond acceptors (Lipinski definition) is 5. The number of carbonyl (C=O) groups is 1. The fourth-order valence-corrected chi connectivity index (χ4v) is 6.59. The van der Waals surface area contributed by atoms with Gasteiger partial charge in [-0.2, -0.15) is 0 Å². The molecule has 1 aliphatic heterocycles. The Morgan fingerprint density at radius 2 is 2.05 bits per heavy atom. The molecule has 0 radical (unpaired) electrons. The van der Waals surface area contributed by atoms with E-state index >= 15 is 4.39 Å². The SMILES string of the molecule is COc1ccc2nccc([C@H](F)CC[C@@H]3CCN(CCCSc4ccccc4C)C[C@H]3CCC(=O)O)c2c1. The summed E-state index contributed by atoms with van der Waals surface area (Å²) in [6, 6.07) is 15.8. The largest absolute Gasteiger partial charge is 0.497 e. The molecule has 1 N–H and O–H groups in total. The van der Waals surface area contributed by atoms with Gasteiger partial charge in [0.15, 0.2) is 0 Å². The minimum Gasteiger partial charge on any atom is -0.497 e. The number of rotatable bonds is 13. The monoisotopic (exact) mass is 538 g/mol. The van der Waals surface area contributed by atoms with Crippen molar-refractivity contribution in [2.24, 2.45) is 11.8 Å². The van der Waals surface area contributed by atoms with Crippen LogP contribution in [-0.4, -0.2) is 53.5 Å². The molecule has 1 aliphatic rings. The van der Waals surface area contributed by atoms with E-state index in [1.807, 2.05) is 30.0 Å². The van der Waals surface area contributed by atoms with Gasteiger partial charge in [-0.1, -0.05) is 18.2 Å². The van der Waals surface area contributed by atoms with Crippen LogP contribution in [0.25, 0.3) is 10.9 Å². The number of thioether (sulfide) groups is 1. The van der Waals surface area contributed by atoms with Gasteiger partial charge >= 0.3 is 5.97 Å². The molecule has 0 amide bonds. The van der Waals surface area contributed by atoms with E-state index in [9.17, 15) is 9.90 Å². The Balaban J connectivity index is 1.32. The van der Waals surface area contributed by atoms with E-state index in [1.54, 1.807) is 19.4 Å². The lowest BCUT2D eigenvalue weighted by Crippen LogP contribution is -2.41. The van der Waals surface area contributed by atoms with Crippen LogP contribution in [0.4, 0.5) is 4.39 Å². The maximum Gasteiger partial charge on any atom is 0.303 e. The molecular formula is C31H39FN2O3S. The van der Waals surface area contributed by atoms with Crippen LogP contribution >= 0.6 is 11.8 Å². The maximum atomic E-state index is 15.6. The molecule has 0 unspecified atom stereocenters. The smallest absolute Gasteiger partial charge is 0.303 e. The highest BCUT2D eigenvalue weighted by atomic mass is 32.2. The van der Waals surface area contributed by atoms with Crippen LogP contribution in [0.15, 0.2) is 59.6 Å². The van der Waals surface area contributed by atoms with E-state index < -0.39 is 12.1 Å². The molecule has 38 heavy (non-hydrogen) atoms. The Morgan fingerprint density at radius 3 is 2.84 bits per heavy atom. The van der Waals surface area contributed by atoms with Gasteiger partial charge in [0.2, 0.25) is 0 Å². The first-order chi connectivity index (χ1) is 18.4. The summed E-state index contributed by atoms with van der Waals surface area (Å²) in [5.41, 5.74) is 2.73. The standard InChI is InChI=1S/C31H39FN2O3S/c1-22-6-3-4-7-30(22)38-19-5-17-34-18-15-23(24(21-34)9-13-31(35)36)8-11-28(32)26-14-16-33-29-12-10-25(37-2)20-27(26)29/h3-4,6-7,10,12,14,16,20,23-24,28H,5,8-9,11,13,15,17-19,21H2,1-2H3,(H,35,36)/t23-,24-,28-/m1/s1. The normalized spacial score (nSPS) is 18.9. The minimum atomic E-state index is -1.09. The number of aryl methyl sites for hydroxylation is 1. The lowest BCUT2D eigenvalue weighted by molar-refractivity contribution is -0.137. The van der Waals surface area contributed by atoms with Crippen LogP contribution in [0.3, 0.4) is 0 Å². The van der Waals surface area contributed by atoms with Gasteiger partial charge in [-0.15, -0.1) is 11.8 Å². The van der Waals surface area contributed by atoms with Crippen LogP contribution in [0.2, 0.25) is 0 Å². The van der Waals surface area contributed by atoms with E-state index in [4.69, 9.17) is 4.74 Å². The summed E-state index contributed by atoms with van der Waals surface area (Å²) >= 11 is 1.90. The average Bonchev–Trinajstić information content (AvgIpc) is 2.93. The Bertz CT molecular complexity index is 1210. The van der Waals surface area contributed by atoms with Gasteiger partial charge in [0.05, 0.1) is 12.6 Å². The van der Waals surface area contributed by atoms with Crippen molar-refractivity contribution in [3.63, 3.8) is 0 Å². The topological polar surface area (TPSA) is 62.7 Å². The summed E-state index contributed by atoms with van der Waals surface area (Å²) in [6.45, 7) is 5.07. The first kappa shape index (κ1) is 28.4. The Hall–Kier alpha value is -2.64. The molecular weight excluding hydrogens is 499 g/mol. The summed E-state index contributed by atoms with van der Waals surface area (Å²) in [4.78, 5) is 19.5. The summed E-state index contributed by atoms with van der Waals surface area (Å²) in [5.74, 6) is 1.63. The first-order valence-corrected chi connectivity index (χ1v) is 14.6. The van der Waals surface area contributed by atoms with Gasteiger partial charge in [0, 0.05) is 29.4 Å². The molecule has 204 valence electrons. The highest BCUT2D eigenvalue weighted by Crippen LogP contribution is 2.36. The number of methoxy groups -OCH3 is 1. The number of aromatic nitrogens is 1. The van der Waals surface area contributed by atoms with Crippen LogP contribution in [0, 0.1) is 18.8 Å². The van der Waals surface area contributed by atoms with Crippen molar-refractivity contribution in [1.82, 2.24) is 9.88 Å². The number of fused-ring (bicyclic) bond motifs is 1. The van der Waals surface area contributed by atoms with Crippen molar-refractivity contribution in [2.75, 3.05) is 32.5 Å². The molecule has 5 nitrogen and oxygen atoms in total. The molecule has 0 bridgehead atoms. The quantitative estimate of drug-likeness (QED) is 0.182. The van der Waals surface area contributed by atoms with Crippen molar-refractivity contribution < 1.29 is 19.0 Å². The van der Waals surface area contributed by atoms with E-state index in [1.165, 1.54) is 10.5 Å². The average molecular weight is 539 g/mol. The Morgan fingerprint density at radius 1 is 1.21 bits per heavy atom. The van der Waals surface area contributed by atoms with Gasteiger partial charge in [-0.05, 0) is 111 Å². The number of carboxylic acid groups (broad SMARTS) is 1. The third-order valence-electron chi connectivity index (χ3n) is 7.79. The van der Waals surface area contributed by atoms with Crippen molar-refractivity contribution in [1.29, 1.82) is 0 Å². The second-order valence-corrected chi connectivity index (χ2v) is 11.5. The fraction of sp³-hybridized carbons (Fsp3) is 0.484. The number of ether oxygens (including phenoxy) is 1. The molecule has 7 heteroatoms. The number of carboxylic acids is 1. The molecule has 4 rings (SSSR count). The minimum absolute atomic E-state index is 0.173. The number of aliphatic carboxylic acids is 1. The first-order valence-electron chi connectivity index (χ1n) is 13.6. The molecule has 2 heterocycles. The summed E-state index contributed by atoms with van der Waals surface area (Å²) in [6.07, 6.45) is 4.68. The number of alkyl halides is 1. The molecule has 0 aliphatic carbocycles. The predicted molar refractivity (Wildman–Crippen MR) is 153 cm³/mol. The number of halogens is 1. The molecule has 0 spiro atoms. The maximum absolute atomic E-state index is 15.6. The fourth-order valence-electron chi connectivity index (χ4n) is 5.63. The van der Waals surface area contributed by atoms with Gasteiger partial charge in [-0.3, -0.25) is 9.78 Å². The van der Waals surface area contributed by atoms with Gasteiger partial charge in [-0.25, -0.2) is 4.39 Å². The van der Waals surface area contributed by atoms with Crippen molar-refractivity contribution >= 4 is 28.6 Å². The molecule has 2 aromatic carbocycles. The zero-order valence-electron chi connectivity index (χ0n) is 22.4. The molecule has 3 atom stereocenters. The lowest BCUT2D eigenvalue weighted by atomic mass is 9.79. The lowest BCUT2D eigenvalue weighted by Gasteiger charge is -2.39. The predicted octanol–water partition coefficient (Wildman–Crippen LogP) is 7.33. The van der Waals surface area contributed by atoms with Crippen molar-refractivity contribution in [3.05, 3.63) is 65.9 Å². The van der Waals surface area contributed by atoms with Gasteiger partial charge in [0.25, 0.3) is 0 Å². The van der Waals surface area contributed by atoms with Gasteiger partial charge < -0.3 is 14.7 Å². The number of benzene rings is 2. The molecule has 3 aromatic rings. The van der Waals surface area contributed by atoms with Crippen molar-refractivity contribution in [2.45, 2.75) is 56.5 Å². The zero-order valence-corrected chi connectivity index (χ0v) is 23.3. The summed E-state index contributed by atoms with van der Waals surface area (Å²) < 4.78 is 20.9. The second kappa shape index (κ2) is 13.9. The van der Waals surface area contributed by atoms with Crippen LogP contribution in [0.5, 0.6) is 5.75 Å². The molecule has 0 saturated carbocycles. The number of hydrogen-bond donors (Lipinski definition) is 1. The van der Waals surface area contributed by atoms with E-state index in [0.29, 0.717) is 30.1 Å².